The van der Waals surface area contributed by atoms with E-state index < -0.39 is 24.7 Å². The molecule has 0 aliphatic heterocycles. The lowest BCUT2D eigenvalue weighted by Crippen LogP contribution is -2.29. The van der Waals surface area contributed by atoms with Crippen LogP contribution in [0.2, 0.25) is 0 Å². The topological polar surface area (TPSA) is 32.3 Å². The number of hydrogen-bond donors (Lipinski definition) is 2. The van der Waals surface area contributed by atoms with Gasteiger partial charge in [0.15, 0.2) is 0 Å². The van der Waals surface area contributed by atoms with Gasteiger partial charge in [0.2, 0.25) is 0 Å². The number of rotatable bonds is 7. The quantitative estimate of drug-likeness (QED) is 0.799. The molecule has 1 aromatic carbocycles. The van der Waals surface area contributed by atoms with Crippen molar-refractivity contribution in [3.8, 4) is 0 Å². The second-order valence-corrected chi connectivity index (χ2v) is 4.59. The first-order chi connectivity index (χ1) is 8.92. The Morgan fingerprint density at radius 2 is 1.84 bits per heavy atom. The number of nitrogens with one attached hydrogen (secondary N) is 1. The van der Waals surface area contributed by atoms with Gasteiger partial charge in [0, 0.05) is 6.04 Å². The van der Waals surface area contributed by atoms with Crippen molar-refractivity contribution in [1.29, 1.82) is 0 Å². The Labute approximate surface area is 111 Å². The van der Waals surface area contributed by atoms with E-state index in [1.165, 1.54) is 0 Å². The predicted molar refractivity (Wildman–Crippen MR) is 68.8 cm³/mol. The van der Waals surface area contributed by atoms with E-state index in [9.17, 15) is 18.3 Å². The summed E-state index contributed by atoms with van der Waals surface area (Å²) >= 11 is 0. The third-order valence-electron chi connectivity index (χ3n) is 2.98. The molecular weight excluding hydrogens is 255 g/mol. The molecule has 0 fully saturated rings. The summed E-state index contributed by atoms with van der Waals surface area (Å²) in [5, 5.41) is 12.3. The van der Waals surface area contributed by atoms with Gasteiger partial charge in [-0.2, -0.15) is 13.2 Å². The van der Waals surface area contributed by atoms with E-state index in [1.54, 1.807) is 30.3 Å². The SMILES string of the molecule is CCC(O)CCNC(CC(F)(F)F)c1ccccc1. The smallest absolute Gasteiger partial charge is 0.390 e. The Kier molecular flexibility index (Phi) is 6.31. The van der Waals surface area contributed by atoms with Gasteiger partial charge in [-0.15, -0.1) is 0 Å². The maximum absolute atomic E-state index is 12.6. The molecule has 5 heteroatoms. The summed E-state index contributed by atoms with van der Waals surface area (Å²) in [5.74, 6) is 0. The molecule has 0 saturated carbocycles. The molecule has 0 heterocycles. The Morgan fingerprint density at radius 1 is 1.21 bits per heavy atom. The molecule has 1 rings (SSSR count). The number of benzene rings is 1. The zero-order valence-corrected chi connectivity index (χ0v) is 11.0. The minimum atomic E-state index is -4.21. The zero-order chi connectivity index (χ0) is 14.3. The summed E-state index contributed by atoms with van der Waals surface area (Å²) in [6.45, 7) is 2.21. The summed E-state index contributed by atoms with van der Waals surface area (Å²) in [5.41, 5.74) is 0.616. The summed E-state index contributed by atoms with van der Waals surface area (Å²) < 4.78 is 37.7. The van der Waals surface area contributed by atoms with E-state index in [2.05, 4.69) is 5.32 Å². The van der Waals surface area contributed by atoms with E-state index in [0.29, 0.717) is 24.9 Å². The minimum absolute atomic E-state index is 0.366. The van der Waals surface area contributed by atoms with Gasteiger partial charge in [-0.25, -0.2) is 0 Å². The maximum Gasteiger partial charge on any atom is 0.390 e. The van der Waals surface area contributed by atoms with E-state index in [-0.39, 0.29) is 0 Å². The molecule has 19 heavy (non-hydrogen) atoms. The number of aliphatic hydroxyl groups excluding tert-OH is 1. The standard InChI is InChI=1S/C14H20F3NO/c1-2-12(19)8-9-18-13(10-14(15,16)17)11-6-4-3-5-7-11/h3-7,12-13,18-19H,2,8-10H2,1H3. The molecule has 0 aliphatic rings. The van der Waals surface area contributed by atoms with Crippen molar-refractivity contribution in [2.24, 2.45) is 0 Å². The lowest BCUT2D eigenvalue weighted by Gasteiger charge is -2.21. The van der Waals surface area contributed by atoms with E-state index in [1.807, 2.05) is 6.92 Å². The molecule has 2 unspecified atom stereocenters. The number of alkyl halides is 3. The molecule has 2 atom stereocenters. The van der Waals surface area contributed by atoms with Gasteiger partial charge in [0.1, 0.15) is 0 Å². The highest BCUT2D eigenvalue weighted by atomic mass is 19.4. The van der Waals surface area contributed by atoms with Gasteiger partial charge in [0.25, 0.3) is 0 Å². The molecule has 0 amide bonds. The molecule has 0 aromatic heterocycles. The van der Waals surface area contributed by atoms with Gasteiger partial charge in [0.05, 0.1) is 12.5 Å². The summed E-state index contributed by atoms with van der Waals surface area (Å²) in [7, 11) is 0. The van der Waals surface area contributed by atoms with Crippen molar-refractivity contribution in [1.82, 2.24) is 5.32 Å². The molecule has 2 N–H and O–H groups in total. The summed E-state index contributed by atoms with van der Waals surface area (Å²) in [6.07, 6.45) is -4.51. The fraction of sp³-hybridized carbons (Fsp3) is 0.571. The third-order valence-corrected chi connectivity index (χ3v) is 2.98. The predicted octanol–water partition coefficient (Wildman–Crippen LogP) is 3.43. The van der Waals surface area contributed by atoms with Crippen LogP contribution in [0.3, 0.4) is 0 Å². The normalized spacial score (nSPS) is 15.2. The van der Waals surface area contributed by atoms with Crippen molar-refractivity contribution in [2.75, 3.05) is 6.54 Å². The average Bonchev–Trinajstić information content (AvgIpc) is 2.37. The molecular formula is C14H20F3NO. The van der Waals surface area contributed by atoms with Crippen molar-refractivity contribution in [2.45, 2.75) is 44.5 Å². The third kappa shape index (κ3) is 6.59. The molecule has 108 valence electrons. The second-order valence-electron chi connectivity index (χ2n) is 4.59. The minimum Gasteiger partial charge on any atom is -0.393 e. The van der Waals surface area contributed by atoms with E-state index >= 15 is 0 Å². The van der Waals surface area contributed by atoms with Gasteiger partial charge >= 0.3 is 6.18 Å². The zero-order valence-electron chi connectivity index (χ0n) is 11.0. The first kappa shape index (κ1) is 16.0. The van der Waals surface area contributed by atoms with Gasteiger partial charge in [-0.1, -0.05) is 37.3 Å². The Bertz CT molecular complexity index is 353. The maximum atomic E-state index is 12.6. The highest BCUT2D eigenvalue weighted by Crippen LogP contribution is 2.29. The fourth-order valence-electron chi connectivity index (χ4n) is 1.85. The van der Waals surface area contributed by atoms with Crippen molar-refractivity contribution in [3.63, 3.8) is 0 Å². The van der Waals surface area contributed by atoms with Gasteiger partial charge < -0.3 is 10.4 Å². The molecule has 1 aromatic rings. The average molecular weight is 275 g/mol. The Balaban J connectivity index is 2.60. The summed E-state index contributed by atoms with van der Waals surface area (Å²) in [4.78, 5) is 0. The highest BCUT2D eigenvalue weighted by Gasteiger charge is 2.32. The second kappa shape index (κ2) is 7.50. The van der Waals surface area contributed by atoms with Crippen LogP contribution in [-0.4, -0.2) is 23.9 Å². The number of hydrogen-bond acceptors (Lipinski definition) is 2. The molecule has 0 radical (unpaired) electrons. The number of halogens is 3. The van der Waals surface area contributed by atoms with Gasteiger partial charge in [-0.3, -0.25) is 0 Å². The molecule has 2 nitrogen and oxygen atoms in total. The first-order valence-electron chi connectivity index (χ1n) is 6.45. The lowest BCUT2D eigenvalue weighted by atomic mass is 10.0. The largest absolute Gasteiger partial charge is 0.393 e. The van der Waals surface area contributed by atoms with Crippen LogP contribution in [0.1, 0.15) is 37.8 Å². The lowest BCUT2D eigenvalue weighted by molar-refractivity contribution is -0.140. The van der Waals surface area contributed by atoms with Crippen molar-refractivity contribution in [3.05, 3.63) is 35.9 Å². The van der Waals surface area contributed by atoms with Crippen molar-refractivity contribution < 1.29 is 18.3 Å². The van der Waals surface area contributed by atoms with Crippen LogP contribution in [0.25, 0.3) is 0 Å². The Morgan fingerprint density at radius 3 is 2.37 bits per heavy atom. The van der Waals surface area contributed by atoms with Gasteiger partial charge in [-0.05, 0) is 24.9 Å². The van der Waals surface area contributed by atoms with Crippen LogP contribution in [0.4, 0.5) is 13.2 Å². The van der Waals surface area contributed by atoms with Crippen LogP contribution in [-0.2, 0) is 0 Å². The molecule has 0 saturated heterocycles. The summed E-state index contributed by atoms with van der Waals surface area (Å²) in [6, 6.07) is 7.82. The Hall–Kier alpha value is -1.07. The van der Waals surface area contributed by atoms with Crippen LogP contribution in [0.15, 0.2) is 30.3 Å². The van der Waals surface area contributed by atoms with Crippen LogP contribution in [0, 0.1) is 0 Å². The van der Waals surface area contributed by atoms with E-state index in [0.717, 1.165) is 0 Å². The molecule has 0 bridgehead atoms. The molecule has 0 spiro atoms. The van der Waals surface area contributed by atoms with Crippen molar-refractivity contribution >= 4 is 0 Å². The van der Waals surface area contributed by atoms with E-state index in [4.69, 9.17) is 0 Å². The van der Waals surface area contributed by atoms with Crippen LogP contribution in [0.5, 0.6) is 0 Å². The monoisotopic (exact) mass is 275 g/mol. The van der Waals surface area contributed by atoms with Crippen LogP contribution < -0.4 is 5.32 Å². The first-order valence-corrected chi connectivity index (χ1v) is 6.45. The molecule has 0 aliphatic carbocycles. The highest BCUT2D eigenvalue weighted by molar-refractivity contribution is 5.19. The van der Waals surface area contributed by atoms with Crippen LogP contribution >= 0.6 is 0 Å². The number of aliphatic hydroxyl groups is 1. The fourth-order valence-corrected chi connectivity index (χ4v) is 1.85.